The molecular formula is C16H16N6. The van der Waals surface area contributed by atoms with Crippen LogP contribution in [0.3, 0.4) is 0 Å². The van der Waals surface area contributed by atoms with Crippen LogP contribution in [-0.2, 0) is 13.6 Å². The smallest absolute Gasteiger partial charge is 0.158 e. The normalized spacial score (nSPS) is 11.4. The molecule has 4 aromatic rings. The van der Waals surface area contributed by atoms with Crippen LogP contribution in [0.25, 0.3) is 17.0 Å². The van der Waals surface area contributed by atoms with E-state index < -0.39 is 0 Å². The monoisotopic (exact) mass is 292 g/mol. The minimum Gasteiger partial charge on any atom is -0.329 e. The van der Waals surface area contributed by atoms with E-state index in [4.69, 9.17) is 0 Å². The molecule has 6 nitrogen and oxygen atoms in total. The Bertz CT molecular complexity index is 943. The van der Waals surface area contributed by atoms with Crippen molar-refractivity contribution >= 4 is 5.52 Å². The number of imidazole rings is 2. The summed E-state index contributed by atoms with van der Waals surface area (Å²) in [5.41, 5.74) is 3.34. The Kier molecular flexibility index (Phi) is 2.82. The first-order valence-electron chi connectivity index (χ1n) is 7.15. The first-order valence-corrected chi connectivity index (χ1v) is 7.15. The zero-order valence-electron chi connectivity index (χ0n) is 12.5. The number of pyridine rings is 1. The van der Waals surface area contributed by atoms with Gasteiger partial charge in [-0.3, -0.25) is 0 Å². The fourth-order valence-electron chi connectivity index (χ4n) is 2.71. The van der Waals surface area contributed by atoms with Crippen LogP contribution in [0, 0.1) is 6.92 Å². The van der Waals surface area contributed by atoms with Crippen LogP contribution in [0.15, 0.2) is 49.2 Å². The summed E-state index contributed by atoms with van der Waals surface area (Å²) in [6.45, 7) is 2.74. The van der Waals surface area contributed by atoms with Crippen molar-refractivity contribution in [3.8, 4) is 11.5 Å². The summed E-state index contributed by atoms with van der Waals surface area (Å²) in [6, 6.07) is 6.16. The summed E-state index contributed by atoms with van der Waals surface area (Å²) in [7, 11) is 2.01. The van der Waals surface area contributed by atoms with Gasteiger partial charge in [-0.25, -0.2) is 14.5 Å². The summed E-state index contributed by atoms with van der Waals surface area (Å²) < 4.78 is 6.08. The molecule has 0 aliphatic rings. The fraction of sp³-hybridized carbons (Fsp3) is 0.188. The lowest BCUT2D eigenvalue weighted by molar-refractivity contribution is 0.784. The van der Waals surface area contributed by atoms with Gasteiger partial charge in [0.2, 0.25) is 0 Å². The van der Waals surface area contributed by atoms with Crippen LogP contribution in [0.1, 0.15) is 11.4 Å². The predicted octanol–water partition coefficient (Wildman–Crippen LogP) is 2.29. The van der Waals surface area contributed by atoms with Crippen LogP contribution in [0.2, 0.25) is 0 Å². The SMILES string of the molecule is Cc1ncc(-c2nccn2Cc2cccn3nccc23)n1C. The van der Waals surface area contributed by atoms with Crippen molar-refractivity contribution in [2.45, 2.75) is 13.5 Å². The number of aromatic nitrogens is 6. The zero-order chi connectivity index (χ0) is 15.1. The highest BCUT2D eigenvalue weighted by atomic mass is 15.2. The number of hydrogen-bond acceptors (Lipinski definition) is 3. The third-order valence-electron chi connectivity index (χ3n) is 4.03. The standard InChI is InChI=1S/C16H16N6/c1-12-18-10-15(20(12)2)16-17-7-9-21(16)11-13-4-3-8-22-14(13)5-6-19-22/h3-10H,11H2,1-2H3. The van der Waals surface area contributed by atoms with Crippen molar-refractivity contribution in [2.75, 3.05) is 0 Å². The molecule has 0 aliphatic carbocycles. The maximum absolute atomic E-state index is 4.50. The molecule has 0 aromatic carbocycles. The molecule has 0 bridgehead atoms. The molecule has 0 saturated heterocycles. The molecule has 0 fully saturated rings. The molecule has 0 radical (unpaired) electrons. The van der Waals surface area contributed by atoms with Crippen LogP contribution in [-0.4, -0.2) is 28.7 Å². The highest BCUT2D eigenvalue weighted by Crippen LogP contribution is 2.20. The van der Waals surface area contributed by atoms with Crippen LogP contribution in [0.5, 0.6) is 0 Å². The summed E-state index contributed by atoms with van der Waals surface area (Å²) >= 11 is 0. The third-order valence-corrected chi connectivity index (χ3v) is 4.03. The molecule has 0 N–H and O–H groups in total. The molecule has 4 heterocycles. The van der Waals surface area contributed by atoms with Crippen LogP contribution in [0.4, 0.5) is 0 Å². The van der Waals surface area contributed by atoms with Crippen molar-refractivity contribution in [2.24, 2.45) is 7.05 Å². The van der Waals surface area contributed by atoms with Crippen LogP contribution >= 0.6 is 0 Å². The van der Waals surface area contributed by atoms with Crippen molar-refractivity contribution in [1.29, 1.82) is 0 Å². The second kappa shape index (κ2) is 4.84. The quantitative estimate of drug-likeness (QED) is 0.582. The first-order chi connectivity index (χ1) is 10.7. The Morgan fingerprint density at radius 1 is 1.09 bits per heavy atom. The molecule has 22 heavy (non-hydrogen) atoms. The van der Waals surface area contributed by atoms with E-state index in [1.165, 1.54) is 5.56 Å². The summed E-state index contributed by atoms with van der Waals surface area (Å²) in [4.78, 5) is 8.86. The Hall–Kier alpha value is -2.89. The third kappa shape index (κ3) is 1.92. The van der Waals surface area contributed by atoms with Gasteiger partial charge in [0.05, 0.1) is 18.3 Å². The zero-order valence-corrected chi connectivity index (χ0v) is 12.5. The van der Waals surface area contributed by atoms with Gasteiger partial charge in [-0.05, 0) is 24.6 Å². The number of hydrogen-bond donors (Lipinski definition) is 0. The Labute approximate surface area is 127 Å². The van der Waals surface area contributed by atoms with Crippen molar-refractivity contribution in [3.05, 3.63) is 60.6 Å². The molecule has 6 heteroatoms. The van der Waals surface area contributed by atoms with Crippen molar-refractivity contribution < 1.29 is 0 Å². The summed E-state index contributed by atoms with van der Waals surface area (Å²) in [6.07, 6.45) is 9.47. The first kappa shape index (κ1) is 12.8. The van der Waals surface area contributed by atoms with Gasteiger partial charge < -0.3 is 9.13 Å². The largest absolute Gasteiger partial charge is 0.329 e. The molecule has 0 saturated carbocycles. The number of nitrogens with zero attached hydrogens (tertiary/aromatic N) is 6. The molecule has 0 aliphatic heterocycles. The van der Waals surface area contributed by atoms with Gasteiger partial charge in [-0.1, -0.05) is 6.07 Å². The van der Waals surface area contributed by atoms with Gasteiger partial charge in [0.25, 0.3) is 0 Å². The average molecular weight is 292 g/mol. The Morgan fingerprint density at radius 2 is 2.00 bits per heavy atom. The maximum Gasteiger partial charge on any atom is 0.158 e. The molecule has 0 amide bonds. The molecule has 110 valence electrons. The number of rotatable bonds is 3. The fourth-order valence-corrected chi connectivity index (χ4v) is 2.71. The van der Waals surface area contributed by atoms with Crippen molar-refractivity contribution in [3.63, 3.8) is 0 Å². The lowest BCUT2D eigenvalue weighted by Gasteiger charge is -2.10. The minimum absolute atomic E-state index is 0.746. The van der Waals surface area contributed by atoms with Gasteiger partial charge in [-0.15, -0.1) is 0 Å². The second-order valence-corrected chi connectivity index (χ2v) is 5.32. The Morgan fingerprint density at radius 3 is 2.82 bits per heavy atom. The lowest BCUT2D eigenvalue weighted by Crippen LogP contribution is -2.05. The molecule has 0 atom stereocenters. The lowest BCUT2D eigenvalue weighted by atomic mass is 10.2. The highest BCUT2D eigenvalue weighted by Gasteiger charge is 2.12. The van der Waals surface area contributed by atoms with Gasteiger partial charge in [0.15, 0.2) is 5.82 Å². The van der Waals surface area contributed by atoms with E-state index in [-0.39, 0.29) is 0 Å². The van der Waals surface area contributed by atoms with E-state index in [0.29, 0.717) is 0 Å². The van der Waals surface area contributed by atoms with Crippen molar-refractivity contribution in [1.82, 2.24) is 28.7 Å². The average Bonchev–Trinajstić information content (AvgIpc) is 3.22. The predicted molar refractivity (Wildman–Crippen MR) is 83.5 cm³/mol. The van der Waals surface area contributed by atoms with E-state index >= 15 is 0 Å². The van der Waals surface area contributed by atoms with E-state index in [1.807, 2.05) is 61.6 Å². The highest BCUT2D eigenvalue weighted by molar-refractivity contribution is 5.55. The summed E-state index contributed by atoms with van der Waals surface area (Å²) in [5, 5.41) is 4.28. The maximum atomic E-state index is 4.50. The minimum atomic E-state index is 0.746. The molecule has 4 rings (SSSR count). The molecule has 0 spiro atoms. The Balaban J connectivity index is 1.78. The van der Waals surface area contributed by atoms with Gasteiger partial charge in [0, 0.05) is 31.8 Å². The molecular weight excluding hydrogens is 276 g/mol. The number of aryl methyl sites for hydroxylation is 1. The summed E-state index contributed by atoms with van der Waals surface area (Å²) in [5.74, 6) is 1.90. The van der Waals surface area contributed by atoms with E-state index in [9.17, 15) is 0 Å². The van der Waals surface area contributed by atoms with E-state index in [1.54, 1.807) is 0 Å². The molecule has 0 unspecified atom stereocenters. The number of fused-ring (bicyclic) bond motifs is 1. The molecule has 4 aromatic heterocycles. The van der Waals surface area contributed by atoms with Gasteiger partial charge in [0.1, 0.15) is 11.5 Å². The van der Waals surface area contributed by atoms with Crippen LogP contribution < -0.4 is 0 Å². The second-order valence-electron chi connectivity index (χ2n) is 5.32. The van der Waals surface area contributed by atoms with E-state index in [0.717, 1.165) is 29.4 Å². The van der Waals surface area contributed by atoms with Gasteiger partial charge >= 0.3 is 0 Å². The van der Waals surface area contributed by atoms with Gasteiger partial charge in [-0.2, -0.15) is 5.10 Å². The topological polar surface area (TPSA) is 52.9 Å². The van der Waals surface area contributed by atoms with E-state index in [2.05, 4.69) is 30.3 Å².